The number of nitrogens with one attached hydrogen (secondary N) is 3. The van der Waals surface area contributed by atoms with E-state index in [2.05, 4.69) is 77.3 Å². The number of nitrogens with zero attached hydrogens (tertiary/aromatic N) is 1. The second kappa shape index (κ2) is 16.0. The zero-order valence-electron chi connectivity index (χ0n) is 26.4. The van der Waals surface area contributed by atoms with Crippen molar-refractivity contribution in [3.8, 4) is 17.2 Å². The summed E-state index contributed by atoms with van der Waals surface area (Å²) in [6.45, 7) is 4.03. The number of fused-ring (bicyclic) bond motifs is 1. The molecule has 0 aliphatic carbocycles. The van der Waals surface area contributed by atoms with Crippen LogP contribution < -0.4 is 30.3 Å². The molecule has 0 radical (unpaired) electrons. The van der Waals surface area contributed by atoms with E-state index in [0.29, 0.717) is 41.7 Å². The summed E-state index contributed by atoms with van der Waals surface area (Å²) in [5.41, 5.74) is 5.74. The van der Waals surface area contributed by atoms with Gasteiger partial charge in [0.2, 0.25) is 0 Å². The van der Waals surface area contributed by atoms with Crippen LogP contribution in [0.3, 0.4) is 0 Å². The quantitative estimate of drug-likeness (QED) is 0.0525. The number of urea groups is 1. The number of amides is 2. The van der Waals surface area contributed by atoms with Crippen molar-refractivity contribution in [1.82, 2.24) is 16.1 Å². The molecular formula is C35H34Br2N4O7. The molecule has 11 nitrogen and oxygen atoms in total. The molecule has 250 valence electrons. The number of rotatable bonds is 13. The summed E-state index contributed by atoms with van der Waals surface area (Å²) in [7, 11) is 1.28. The van der Waals surface area contributed by atoms with Gasteiger partial charge in [-0.2, -0.15) is 5.10 Å². The Morgan fingerprint density at radius 3 is 2.52 bits per heavy atom. The first-order valence-electron chi connectivity index (χ1n) is 15.0. The number of benzene rings is 4. The maximum absolute atomic E-state index is 12.5. The molecule has 2 atom stereocenters. The molecule has 0 saturated heterocycles. The van der Waals surface area contributed by atoms with Crippen molar-refractivity contribution in [3.05, 3.63) is 110 Å². The molecule has 4 N–H and O–H groups in total. The predicted molar refractivity (Wildman–Crippen MR) is 189 cm³/mol. The number of carbonyl (C=O) groups excluding carboxylic acids is 2. The number of aliphatic hydroxyl groups is 1. The van der Waals surface area contributed by atoms with Crippen LogP contribution in [0, 0.1) is 0 Å². The fourth-order valence-electron chi connectivity index (χ4n) is 5.18. The van der Waals surface area contributed by atoms with Crippen molar-refractivity contribution in [2.24, 2.45) is 5.10 Å². The Hall–Kier alpha value is -4.59. The lowest BCUT2D eigenvalue weighted by Gasteiger charge is -2.28. The Kier molecular flexibility index (Phi) is 11.6. The molecule has 0 saturated carbocycles. The molecule has 4 aromatic carbocycles. The number of ether oxygens (including phenoxy) is 4. The number of hydrogen-bond acceptors (Lipinski definition) is 9. The van der Waals surface area contributed by atoms with Gasteiger partial charge >= 0.3 is 12.0 Å². The average molecular weight is 782 g/mol. The van der Waals surface area contributed by atoms with E-state index >= 15 is 0 Å². The molecular weight excluding hydrogens is 748 g/mol. The molecule has 5 rings (SSSR count). The van der Waals surface area contributed by atoms with Crippen LogP contribution in [0.2, 0.25) is 0 Å². The van der Waals surface area contributed by atoms with Crippen molar-refractivity contribution >= 4 is 60.8 Å². The minimum absolute atomic E-state index is 0.151. The third-order valence-electron chi connectivity index (χ3n) is 7.38. The molecule has 1 heterocycles. The number of carbonyl (C=O) groups is 2. The highest BCUT2D eigenvalue weighted by atomic mass is 79.9. The van der Waals surface area contributed by atoms with Crippen LogP contribution >= 0.6 is 31.9 Å². The van der Waals surface area contributed by atoms with E-state index in [1.54, 1.807) is 31.3 Å². The Balaban J connectivity index is 1.19. The number of halogens is 2. The Labute approximate surface area is 294 Å². The molecule has 4 aromatic rings. The van der Waals surface area contributed by atoms with Gasteiger partial charge in [-0.1, -0.05) is 48.5 Å². The minimum atomic E-state index is -1.15. The fourth-order valence-corrected chi connectivity index (χ4v) is 6.63. The van der Waals surface area contributed by atoms with E-state index in [4.69, 9.17) is 18.9 Å². The summed E-state index contributed by atoms with van der Waals surface area (Å²) in [5.74, 6) is 0.822. The maximum atomic E-state index is 12.5. The molecule has 0 aromatic heterocycles. The summed E-state index contributed by atoms with van der Waals surface area (Å²) in [6, 6.07) is 21.9. The van der Waals surface area contributed by atoms with Crippen LogP contribution in [-0.2, 0) is 16.1 Å². The standard InChI is InChI=1S/C35H34Br2N4O7/c1-4-46-29-16-23(32-31(34(43)45-3)20(2)39-35(44)40-32)12-13-28(29)47-19-30(42)41-38-17-21-14-26(36)33(27(37)15-21)48-18-24-10-7-9-22-8-5-6-11-25(22)24/h5-17,30,32,41-42H,4,18-19H2,1-3H3,(H2,39,40,44)/b38-17-/t30-,32-/m1/s1. The average Bonchev–Trinajstić information content (AvgIpc) is 3.07. The molecule has 0 bridgehead atoms. The zero-order valence-corrected chi connectivity index (χ0v) is 29.6. The van der Waals surface area contributed by atoms with E-state index in [-0.39, 0.29) is 12.2 Å². The van der Waals surface area contributed by atoms with Gasteiger partial charge in [0.15, 0.2) is 17.7 Å². The fraction of sp³-hybridized carbons (Fsp3) is 0.229. The van der Waals surface area contributed by atoms with Gasteiger partial charge in [0.25, 0.3) is 0 Å². The van der Waals surface area contributed by atoms with Gasteiger partial charge in [-0.25, -0.2) is 9.59 Å². The lowest BCUT2D eigenvalue weighted by atomic mass is 9.95. The van der Waals surface area contributed by atoms with E-state index in [9.17, 15) is 14.7 Å². The van der Waals surface area contributed by atoms with Gasteiger partial charge in [0.05, 0.1) is 40.5 Å². The van der Waals surface area contributed by atoms with E-state index in [1.165, 1.54) is 7.11 Å². The normalized spacial score (nSPS) is 15.1. The largest absolute Gasteiger partial charge is 0.490 e. The maximum Gasteiger partial charge on any atom is 0.337 e. The first-order chi connectivity index (χ1) is 23.2. The highest BCUT2D eigenvalue weighted by Crippen LogP contribution is 2.36. The molecule has 13 heteroatoms. The van der Waals surface area contributed by atoms with E-state index in [0.717, 1.165) is 30.8 Å². The molecule has 0 fully saturated rings. The van der Waals surface area contributed by atoms with Crippen molar-refractivity contribution < 1.29 is 33.6 Å². The third kappa shape index (κ3) is 8.27. The van der Waals surface area contributed by atoms with Crippen molar-refractivity contribution in [1.29, 1.82) is 0 Å². The third-order valence-corrected chi connectivity index (χ3v) is 8.56. The minimum Gasteiger partial charge on any atom is -0.490 e. The summed E-state index contributed by atoms with van der Waals surface area (Å²) in [4.78, 5) is 24.7. The SMILES string of the molecule is CCOc1cc([C@H]2NC(=O)NC(C)=C2C(=O)OC)ccc1OC[C@@H](O)N/N=C\c1cc(Br)c(OCc2cccc3ccccc23)c(Br)c1. The molecule has 0 spiro atoms. The number of allylic oxidation sites excluding steroid dienone is 1. The highest BCUT2D eigenvalue weighted by molar-refractivity contribution is 9.11. The van der Waals surface area contributed by atoms with Gasteiger partial charge in [0.1, 0.15) is 19.0 Å². The number of methoxy groups -OCH3 is 1. The zero-order chi connectivity index (χ0) is 34.2. The van der Waals surface area contributed by atoms with Crippen LogP contribution in [0.4, 0.5) is 4.79 Å². The van der Waals surface area contributed by atoms with E-state index in [1.807, 2.05) is 37.3 Å². The van der Waals surface area contributed by atoms with Gasteiger partial charge in [0, 0.05) is 5.70 Å². The van der Waals surface area contributed by atoms with Crippen LogP contribution in [0.15, 0.2) is 98.1 Å². The van der Waals surface area contributed by atoms with Crippen molar-refractivity contribution in [2.45, 2.75) is 32.7 Å². The van der Waals surface area contributed by atoms with Crippen LogP contribution in [-0.4, -0.2) is 49.9 Å². The van der Waals surface area contributed by atoms with Crippen molar-refractivity contribution in [2.75, 3.05) is 20.3 Å². The van der Waals surface area contributed by atoms with Crippen LogP contribution in [0.25, 0.3) is 10.8 Å². The summed E-state index contributed by atoms with van der Waals surface area (Å²) >= 11 is 7.19. The lowest BCUT2D eigenvalue weighted by molar-refractivity contribution is -0.136. The van der Waals surface area contributed by atoms with Crippen LogP contribution in [0.1, 0.15) is 36.6 Å². The monoisotopic (exact) mass is 780 g/mol. The van der Waals surface area contributed by atoms with Gasteiger partial charge in [-0.3, -0.25) is 5.43 Å². The number of esters is 1. The Morgan fingerprint density at radius 2 is 1.77 bits per heavy atom. The highest BCUT2D eigenvalue weighted by Gasteiger charge is 2.32. The van der Waals surface area contributed by atoms with Gasteiger partial charge in [-0.05, 0) is 97.4 Å². The molecule has 1 aliphatic rings. The Bertz CT molecular complexity index is 1850. The summed E-state index contributed by atoms with van der Waals surface area (Å²) in [5, 5.41) is 22.3. The summed E-state index contributed by atoms with van der Waals surface area (Å²) < 4.78 is 24.2. The second-order valence-corrected chi connectivity index (χ2v) is 12.4. The smallest absolute Gasteiger partial charge is 0.337 e. The number of hydrogen-bond donors (Lipinski definition) is 4. The van der Waals surface area contributed by atoms with Crippen LogP contribution in [0.5, 0.6) is 17.2 Å². The predicted octanol–water partition coefficient (Wildman–Crippen LogP) is 6.46. The molecule has 1 aliphatic heterocycles. The Morgan fingerprint density at radius 1 is 1.02 bits per heavy atom. The van der Waals surface area contributed by atoms with Crippen molar-refractivity contribution in [3.63, 3.8) is 0 Å². The number of aliphatic hydroxyl groups excluding tert-OH is 1. The first kappa shape index (κ1) is 34.7. The first-order valence-corrected chi connectivity index (χ1v) is 16.6. The van der Waals surface area contributed by atoms with Gasteiger partial charge < -0.3 is 34.7 Å². The molecule has 0 unspecified atom stereocenters. The lowest BCUT2D eigenvalue weighted by Crippen LogP contribution is -2.45. The molecule has 48 heavy (non-hydrogen) atoms. The van der Waals surface area contributed by atoms with Gasteiger partial charge in [-0.15, -0.1) is 0 Å². The summed E-state index contributed by atoms with van der Waals surface area (Å²) in [6.07, 6.45) is 0.417. The van der Waals surface area contributed by atoms with E-state index < -0.39 is 24.3 Å². The second-order valence-electron chi connectivity index (χ2n) is 10.7. The number of hydrazone groups is 1. The molecule has 2 amide bonds. The topological polar surface area (TPSA) is 140 Å².